The van der Waals surface area contributed by atoms with Crippen molar-refractivity contribution in [1.82, 2.24) is 10.2 Å². The molecule has 1 aliphatic heterocycles. The molecule has 1 saturated heterocycles. The average Bonchev–Trinajstić information content (AvgIpc) is 2.97. The molecule has 1 amide bonds. The largest absolute Gasteiger partial charge is 0.338 e. The van der Waals surface area contributed by atoms with E-state index in [1.165, 1.54) is 0 Å². The van der Waals surface area contributed by atoms with Gasteiger partial charge >= 0.3 is 0 Å². The molecule has 3 nitrogen and oxygen atoms in total. The van der Waals surface area contributed by atoms with Crippen molar-refractivity contribution in [2.24, 2.45) is 5.92 Å². The van der Waals surface area contributed by atoms with Crippen molar-refractivity contribution in [2.45, 2.75) is 26.3 Å². The highest BCUT2D eigenvalue weighted by atomic mass is 35.5. The topological polar surface area (TPSA) is 32.3 Å². The number of rotatable bonds is 5. The summed E-state index contributed by atoms with van der Waals surface area (Å²) in [5, 5.41) is 3.30. The van der Waals surface area contributed by atoms with Gasteiger partial charge in [-0.15, -0.1) is 11.3 Å². The highest BCUT2D eigenvalue weighted by Gasteiger charge is 2.21. The van der Waals surface area contributed by atoms with Crippen LogP contribution in [0.5, 0.6) is 0 Å². The van der Waals surface area contributed by atoms with Crippen molar-refractivity contribution in [3.63, 3.8) is 0 Å². The molecule has 5 heteroatoms. The molecule has 0 aromatic carbocycles. The number of hydrogen-bond acceptors (Lipinski definition) is 3. The van der Waals surface area contributed by atoms with Gasteiger partial charge in [0.05, 0.1) is 10.9 Å². The molecule has 2 rings (SSSR count). The van der Waals surface area contributed by atoms with Gasteiger partial charge in [-0.05, 0) is 44.5 Å². The first-order chi connectivity index (χ1) is 8.69. The second-order valence-electron chi connectivity index (χ2n) is 4.68. The Labute approximate surface area is 117 Å². The first-order valence-corrected chi connectivity index (χ1v) is 7.61. The summed E-state index contributed by atoms with van der Waals surface area (Å²) in [6.07, 6.45) is 1.79. The van der Waals surface area contributed by atoms with Gasteiger partial charge in [-0.2, -0.15) is 0 Å². The predicted octanol–water partition coefficient (Wildman–Crippen LogP) is 2.75. The van der Waals surface area contributed by atoms with Gasteiger partial charge in [0.2, 0.25) is 5.91 Å². The second kappa shape index (κ2) is 6.55. The first-order valence-electron chi connectivity index (χ1n) is 6.41. The summed E-state index contributed by atoms with van der Waals surface area (Å²) in [6.45, 7) is 5.50. The van der Waals surface area contributed by atoms with Crippen LogP contribution in [0.4, 0.5) is 0 Å². The third-order valence-electron chi connectivity index (χ3n) is 3.34. The molecule has 1 fully saturated rings. The van der Waals surface area contributed by atoms with E-state index in [1.807, 2.05) is 24.0 Å². The van der Waals surface area contributed by atoms with Crippen LogP contribution in [0.1, 0.15) is 24.6 Å². The third kappa shape index (κ3) is 3.70. The zero-order valence-corrected chi connectivity index (χ0v) is 12.2. The lowest BCUT2D eigenvalue weighted by Gasteiger charge is -2.21. The van der Waals surface area contributed by atoms with Crippen molar-refractivity contribution in [1.29, 1.82) is 0 Å². The Morgan fingerprint density at radius 1 is 1.61 bits per heavy atom. The van der Waals surface area contributed by atoms with Crippen LogP contribution in [-0.4, -0.2) is 30.4 Å². The number of thiophene rings is 1. The molecule has 1 aliphatic rings. The number of nitrogens with one attached hydrogen (secondary N) is 1. The van der Waals surface area contributed by atoms with E-state index in [0.29, 0.717) is 18.9 Å². The summed E-state index contributed by atoms with van der Waals surface area (Å²) in [4.78, 5) is 15.3. The van der Waals surface area contributed by atoms with E-state index in [9.17, 15) is 4.79 Å². The minimum Gasteiger partial charge on any atom is -0.338 e. The van der Waals surface area contributed by atoms with Crippen LogP contribution >= 0.6 is 22.9 Å². The van der Waals surface area contributed by atoms with Gasteiger partial charge in [0.1, 0.15) is 0 Å². The summed E-state index contributed by atoms with van der Waals surface area (Å²) in [5.74, 6) is 0.772. The summed E-state index contributed by atoms with van der Waals surface area (Å²) in [5.41, 5.74) is 0. The molecule has 1 unspecified atom stereocenters. The SMILES string of the molecule is CCN(Cc1ccc(Cl)s1)C(=O)CC1CCNC1. The fourth-order valence-electron chi connectivity index (χ4n) is 2.27. The fourth-order valence-corrected chi connectivity index (χ4v) is 3.37. The molecule has 1 aromatic heterocycles. The van der Waals surface area contributed by atoms with Crippen molar-refractivity contribution in [3.8, 4) is 0 Å². The summed E-state index contributed by atoms with van der Waals surface area (Å²) >= 11 is 7.46. The van der Waals surface area contributed by atoms with E-state index < -0.39 is 0 Å². The summed E-state index contributed by atoms with van der Waals surface area (Å²) < 4.78 is 0.786. The summed E-state index contributed by atoms with van der Waals surface area (Å²) in [7, 11) is 0. The quantitative estimate of drug-likeness (QED) is 0.903. The minimum absolute atomic E-state index is 0.260. The van der Waals surface area contributed by atoms with E-state index in [1.54, 1.807) is 11.3 Å². The van der Waals surface area contributed by atoms with Gasteiger partial charge in [-0.25, -0.2) is 0 Å². The molecule has 1 N–H and O–H groups in total. The monoisotopic (exact) mass is 286 g/mol. The van der Waals surface area contributed by atoms with Crippen molar-refractivity contribution >= 4 is 28.8 Å². The lowest BCUT2D eigenvalue weighted by Crippen LogP contribution is -2.31. The van der Waals surface area contributed by atoms with Crippen LogP contribution in [0, 0.1) is 5.92 Å². The smallest absolute Gasteiger partial charge is 0.223 e. The Balaban J connectivity index is 1.88. The number of carbonyl (C=O) groups excluding carboxylic acids is 1. The normalized spacial score (nSPS) is 19.1. The molecule has 0 aliphatic carbocycles. The molecule has 1 atom stereocenters. The number of carbonyl (C=O) groups is 1. The minimum atomic E-state index is 0.260. The molecular formula is C13H19ClN2OS. The molecular weight excluding hydrogens is 268 g/mol. The van der Waals surface area contributed by atoms with Crippen LogP contribution in [0.2, 0.25) is 4.34 Å². The molecule has 100 valence electrons. The lowest BCUT2D eigenvalue weighted by molar-refractivity contribution is -0.132. The number of nitrogens with zero attached hydrogens (tertiary/aromatic N) is 1. The van der Waals surface area contributed by atoms with Gasteiger partial charge in [-0.3, -0.25) is 4.79 Å². The Hall–Kier alpha value is -0.580. The van der Waals surface area contributed by atoms with Crippen LogP contribution in [0.15, 0.2) is 12.1 Å². The molecule has 1 aromatic rings. The summed E-state index contributed by atoms with van der Waals surface area (Å²) in [6, 6.07) is 3.89. The van der Waals surface area contributed by atoms with Gasteiger partial charge in [-0.1, -0.05) is 11.6 Å². The van der Waals surface area contributed by atoms with Crippen LogP contribution < -0.4 is 5.32 Å². The van der Waals surface area contributed by atoms with Gasteiger partial charge < -0.3 is 10.2 Å². The maximum Gasteiger partial charge on any atom is 0.223 e. The highest BCUT2D eigenvalue weighted by molar-refractivity contribution is 7.16. The highest BCUT2D eigenvalue weighted by Crippen LogP contribution is 2.23. The molecule has 18 heavy (non-hydrogen) atoms. The van der Waals surface area contributed by atoms with E-state index >= 15 is 0 Å². The van der Waals surface area contributed by atoms with E-state index in [-0.39, 0.29) is 5.91 Å². The van der Waals surface area contributed by atoms with Gasteiger partial charge in [0.25, 0.3) is 0 Å². The first kappa shape index (κ1) is 13.8. The van der Waals surface area contributed by atoms with Crippen LogP contribution in [0.3, 0.4) is 0 Å². The zero-order chi connectivity index (χ0) is 13.0. The predicted molar refractivity (Wildman–Crippen MR) is 76.0 cm³/mol. The van der Waals surface area contributed by atoms with E-state index in [0.717, 1.165) is 35.3 Å². The number of halogens is 1. The Bertz CT molecular complexity index is 401. The van der Waals surface area contributed by atoms with Gasteiger partial charge in [0.15, 0.2) is 0 Å². The third-order valence-corrected chi connectivity index (χ3v) is 4.55. The van der Waals surface area contributed by atoms with E-state index in [2.05, 4.69) is 5.32 Å². The van der Waals surface area contributed by atoms with Crippen molar-refractivity contribution in [3.05, 3.63) is 21.3 Å². The Morgan fingerprint density at radius 2 is 2.44 bits per heavy atom. The van der Waals surface area contributed by atoms with Gasteiger partial charge in [0, 0.05) is 17.8 Å². The molecule has 0 bridgehead atoms. The Morgan fingerprint density at radius 3 is 3.00 bits per heavy atom. The second-order valence-corrected chi connectivity index (χ2v) is 6.48. The number of hydrogen-bond donors (Lipinski definition) is 1. The average molecular weight is 287 g/mol. The molecule has 0 radical (unpaired) electrons. The van der Waals surface area contributed by atoms with Crippen molar-refractivity contribution in [2.75, 3.05) is 19.6 Å². The Kier molecular flexibility index (Phi) is 5.03. The number of amides is 1. The maximum absolute atomic E-state index is 12.2. The van der Waals surface area contributed by atoms with E-state index in [4.69, 9.17) is 11.6 Å². The maximum atomic E-state index is 12.2. The fraction of sp³-hybridized carbons (Fsp3) is 0.615. The standard InChI is InChI=1S/C13H19ClN2OS/c1-2-16(9-11-3-4-12(14)18-11)13(17)7-10-5-6-15-8-10/h3-4,10,15H,2,5-9H2,1H3. The van der Waals surface area contributed by atoms with Crippen LogP contribution in [-0.2, 0) is 11.3 Å². The molecule has 2 heterocycles. The van der Waals surface area contributed by atoms with Crippen LogP contribution in [0.25, 0.3) is 0 Å². The lowest BCUT2D eigenvalue weighted by atomic mass is 10.0. The molecule has 0 saturated carbocycles. The molecule has 0 spiro atoms. The zero-order valence-electron chi connectivity index (χ0n) is 10.6. The van der Waals surface area contributed by atoms with Crippen molar-refractivity contribution < 1.29 is 4.79 Å².